The Morgan fingerprint density at radius 2 is 2.13 bits per heavy atom. The van der Waals surface area contributed by atoms with Crippen molar-refractivity contribution >= 4 is 44.9 Å². The molecule has 1 amide bonds. The Hall–Kier alpha value is -2.26. The Balaban J connectivity index is 1.28. The smallest absolute Gasteiger partial charge is 0.230 e. The Morgan fingerprint density at radius 3 is 2.93 bits per heavy atom. The predicted octanol–water partition coefficient (Wildman–Crippen LogP) is 4.32. The molecule has 2 aromatic heterocycles. The quantitative estimate of drug-likeness (QED) is 0.450. The number of carbonyl (C=O) groups excluding carboxylic acids is 1. The van der Waals surface area contributed by atoms with E-state index in [0.717, 1.165) is 34.3 Å². The first kappa shape index (κ1) is 21.0. The van der Waals surface area contributed by atoms with Crippen molar-refractivity contribution in [1.29, 1.82) is 0 Å². The second-order valence-corrected chi connectivity index (χ2v) is 9.60. The van der Waals surface area contributed by atoms with Crippen LogP contribution < -0.4 is 10.2 Å². The zero-order chi connectivity index (χ0) is 21.3. The van der Waals surface area contributed by atoms with E-state index in [1.165, 1.54) is 28.3 Å². The van der Waals surface area contributed by atoms with Gasteiger partial charge in [0.05, 0.1) is 5.75 Å². The number of aryl methyl sites for hydroxylation is 2. The van der Waals surface area contributed by atoms with E-state index < -0.39 is 11.6 Å². The molecule has 30 heavy (non-hydrogen) atoms. The van der Waals surface area contributed by atoms with Crippen molar-refractivity contribution in [3.8, 4) is 0 Å². The zero-order valence-corrected chi connectivity index (χ0v) is 18.4. The highest BCUT2D eigenvalue weighted by Crippen LogP contribution is 2.34. The second kappa shape index (κ2) is 8.85. The average molecular weight is 449 g/mol. The molecule has 0 radical (unpaired) electrons. The molecule has 0 aliphatic carbocycles. The summed E-state index contributed by atoms with van der Waals surface area (Å²) in [4.78, 5) is 25.2. The maximum Gasteiger partial charge on any atom is 0.230 e. The van der Waals surface area contributed by atoms with Crippen molar-refractivity contribution in [3.05, 3.63) is 46.6 Å². The standard InChI is InChI=1S/C21H22F2N4OS2/c1-12-13(2)30-21-19(12)20(25-11-26-21)29-10-18(28)24-8-14-5-6-27(9-14)15-3-4-16(22)17(23)7-15/h3-4,7,11,14H,5-6,8-10H2,1-2H3,(H,24,28). The van der Waals surface area contributed by atoms with Gasteiger partial charge in [-0.3, -0.25) is 4.79 Å². The Morgan fingerprint density at radius 1 is 1.30 bits per heavy atom. The molecule has 1 N–H and O–H groups in total. The summed E-state index contributed by atoms with van der Waals surface area (Å²) < 4.78 is 26.6. The number of nitrogens with zero attached hydrogens (tertiary/aromatic N) is 3. The van der Waals surface area contributed by atoms with Gasteiger partial charge < -0.3 is 10.2 Å². The first-order valence-corrected chi connectivity index (χ1v) is 11.5. The van der Waals surface area contributed by atoms with E-state index in [9.17, 15) is 13.6 Å². The number of benzene rings is 1. The van der Waals surface area contributed by atoms with Crippen molar-refractivity contribution in [2.45, 2.75) is 25.3 Å². The maximum absolute atomic E-state index is 13.5. The highest BCUT2D eigenvalue weighted by molar-refractivity contribution is 8.00. The number of rotatable bonds is 6. The molecule has 4 rings (SSSR count). The first-order chi connectivity index (χ1) is 14.4. The third-order valence-corrected chi connectivity index (χ3v) is 7.52. The van der Waals surface area contributed by atoms with Gasteiger partial charge in [-0.2, -0.15) is 0 Å². The highest BCUT2D eigenvalue weighted by Gasteiger charge is 2.24. The van der Waals surface area contributed by atoms with E-state index in [1.54, 1.807) is 23.7 Å². The van der Waals surface area contributed by atoms with Gasteiger partial charge in [0.25, 0.3) is 0 Å². The molecule has 0 bridgehead atoms. The number of thiophene rings is 1. The molecule has 1 saturated heterocycles. The number of halogens is 2. The number of aromatic nitrogens is 2. The van der Waals surface area contributed by atoms with Gasteiger partial charge in [0.1, 0.15) is 16.2 Å². The van der Waals surface area contributed by atoms with E-state index >= 15 is 0 Å². The summed E-state index contributed by atoms with van der Waals surface area (Å²) in [6.07, 6.45) is 2.44. The SMILES string of the molecule is Cc1sc2ncnc(SCC(=O)NCC3CCN(c4ccc(F)c(F)c4)C3)c2c1C. The minimum absolute atomic E-state index is 0.0392. The van der Waals surface area contributed by atoms with Crippen LogP contribution >= 0.6 is 23.1 Å². The molecule has 5 nitrogen and oxygen atoms in total. The fourth-order valence-corrected chi connectivity index (χ4v) is 5.57. The van der Waals surface area contributed by atoms with Crippen molar-refractivity contribution in [3.63, 3.8) is 0 Å². The monoisotopic (exact) mass is 448 g/mol. The van der Waals surface area contributed by atoms with E-state index in [4.69, 9.17) is 0 Å². The summed E-state index contributed by atoms with van der Waals surface area (Å²) in [6.45, 7) is 6.15. The van der Waals surface area contributed by atoms with Crippen molar-refractivity contribution in [2.75, 3.05) is 30.3 Å². The van der Waals surface area contributed by atoms with Crippen LogP contribution in [-0.4, -0.2) is 41.3 Å². The fraction of sp³-hybridized carbons (Fsp3) is 0.381. The van der Waals surface area contributed by atoms with Crippen LogP contribution in [0.15, 0.2) is 29.6 Å². The number of hydrogen-bond acceptors (Lipinski definition) is 6. The van der Waals surface area contributed by atoms with Gasteiger partial charge in [-0.15, -0.1) is 11.3 Å². The molecule has 1 unspecified atom stereocenters. The van der Waals surface area contributed by atoms with Crippen molar-refractivity contribution in [1.82, 2.24) is 15.3 Å². The van der Waals surface area contributed by atoms with Crippen LogP contribution in [0.3, 0.4) is 0 Å². The third-order valence-electron chi connectivity index (χ3n) is 5.41. The molecule has 3 heterocycles. The molecule has 1 aromatic carbocycles. The van der Waals surface area contributed by atoms with Crippen LogP contribution in [0.1, 0.15) is 16.9 Å². The fourth-order valence-electron chi connectivity index (χ4n) is 3.62. The molecule has 158 valence electrons. The predicted molar refractivity (Wildman–Crippen MR) is 117 cm³/mol. The molecule has 1 atom stereocenters. The lowest BCUT2D eigenvalue weighted by Gasteiger charge is -2.19. The molecule has 0 spiro atoms. The molecule has 1 aliphatic rings. The van der Waals surface area contributed by atoms with Crippen LogP contribution in [0.4, 0.5) is 14.5 Å². The Kier molecular flexibility index (Phi) is 6.19. The van der Waals surface area contributed by atoms with Gasteiger partial charge in [0, 0.05) is 41.7 Å². The first-order valence-electron chi connectivity index (χ1n) is 9.72. The van der Waals surface area contributed by atoms with Gasteiger partial charge >= 0.3 is 0 Å². The molecule has 0 saturated carbocycles. The van der Waals surface area contributed by atoms with Crippen LogP contribution in [0.2, 0.25) is 0 Å². The number of hydrogen-bond donors (Lipinski definition) is 1. The summed E-state index contributed by atoms with van der Waals surface area (Å²) >= 11 is 3.06. The van der Waals surface area contributed by atoms with Crippen molar-refractivity contribution < 1.29 is 13.6 Å². The number of anilines is 1. The molecular formula is C21H22F2N4OS2. The zero-order valence-electron chi connectivity index (χ0n) is 16.7. The summed E-state index contributed by atoms with van der Waals surface area (Å²) in [5.74, 6) is -1.15. The second-order valence-electron chi connectivity index (χ2n) is 7.43. The molecule has 9 heteroatoms. The maximum atomic E-state index is 13.5. The Labute approximate surface area is 181 Å². The number of nitrogens with one attached hydrogen (secondary N) is 1. The summed E-state index contributed by atoms with van der Waals surface area (Å²) in [5, 5.41) is 4.87. The lowest BCUT2D eigenvalue weighted by Crippen LogP contribution is -2.32. The molecular weight excluding hydrogens is 426 g/mol. The van der Waals surface area contributed by atoms with Gasteiger partial charge in [-0.25, -0.2) is 18.7 Å². The van der Waals surface area contributed by atoms with Gasteiger partial charge in [-0.05, 0) is 43.9 Å². The van der Waals surface area contributed by atoms with Crippen LogP contribution in [-0.2, 0) is 4.79 Å². The normalized spacial score (nSPS) is 16.4. The highest BCUT2D eigenvalue weighted by atomic mass is 32.2. The van der Waals surface area contributed by atoms with E-state index in [1.807, 2.05) is 4.90 Å². The number of thioether (sulfide) groups is 1. The largest absolute Gasteiger partial charge is 0.371 e. The average Bonchev–Trinajstić information content (AvgIpc) is 3.32. The van der Waals surface area contributed by atoms with Gasteiger partial charge in [0.15, 0.2) is 11.6 Å². The molecule has 1 aliphatic heterocycles. The van der Waals surface area contributed by atoms with Crippen LogP contribution in [0.25, 0.3) is 10.2 Å². The van der Waals surface area contributed by atoms with Gasteiger partial charge in [0.2, 0.25) is 5.91 Å². The summed E-state index contributed by atoms with van der Waals surface area (Å²) in [7, 11) is 0. The minimum atomic E-state index is -0.840. The van der Waals surface area contributed by atoms with Gasteiger partial charge in [-0.1, -0.05) is 11.8 Å². The van der Waals surface area contributed by atoms with Crippen molar-refractivity contribution in [2.24, 2.45) is 5.92 Å². The van der Waals surface area contributed by atoms with Crippen LogP contribution in [0, 0.1) is 31.4 Å². The summed E-state index contributed by atoms with van der Waals surface area (Å²) in [6, 6.07) is 3.97. The lowest BCUT2D eigenvalue weighted by atomic mass is 10.1. The van der Waals surface area contributed by atoms with E-state index in [2.05, 4.69) is 29.1 Å². The Bertz CT molecular complexity index is 1090. The minimum Gasteiger partial charge on any atom is -0.371 e. The lowest BCUT2D eigenvalue weighted by molar-refractivity contribution is -0.118. The van der Waals surface area contributed by atoms with E-state index in [0.29, 0.717) is 24.5 Å². The third kappa shape index (κ3) is 4.41. The molecule has 3 aromatic rings. The number of fused-ring (bicyclic) bond motifs is 1. The topological polar surface area (TPSA) is 58.1 Å². The van der Waals surface area contributed by atoms with Crippen LogP contribution in [0.5, 0.6) is 0 Å². The molecule has 1 fully saturated rings. The summed E-state index contributed by atoms with van der Waals surface area (Å²) in [5.41, 5.74) is 1.84. The number of carbonyl (C=O) groups is 1. The van der Waals surface area contributed by atoms with E-state index in [-0.39, 0.29) is 11.8 Å². The number of amides is 1.